The van der Waals surface area contributed by atoms with Crippen molar-refractivity contribution in [1.29, 1.82) is 0 Å². The van der Waals surface area contributed by atoms with E-state index in [1.165, 1.54) is 38.4 Å². The first-order chi connectivity index (χ1) is 11.2. The summed E-state index contributed by atoms with van der Waals surface area (Å²) < 4.78 is 1.95. The number of hydrogen-bond donors (Lipinski definition) is 1. The maximum atomic E-state index is 9.51. The first-order valence-electron chi connectivity index (χ1n) is 8.30. The lowest BCUT2D eigenvalue weighted by atomic mass is 10.0. The summed E-state index contributed by atoms with van der Waals surface area (Å²) in [7, 11) is 0. The van der Waals surface area contributed by atoms with Crippen molar-refractivity contribution in [3.8, 4) is 0 Å². The molecule has 5 nitrogen and oxygen atoms in total. The summed E-state index contributed by atoms with van der Waals surface area (Å²) in [6.07, 6.45) is 11.5. The van der Waals surface area contributed by atoms with E-state index >= 15 is 0 Å². The standard InChI is InChI=1S/C17H25ClN4O/c1-3-4-5-6-7-8-9-14(13(2)10-23)22-12-21-15-16(18)19-11-20-17(15)22/h11-12,14,23H,2-10H2,1H3. The molecule has 0 bridgehead atoms. The van der Waals surface area contributed by atoms with E-state index in [0.717, 1.165) is 18.4 Å². The number of aromatic nitrogens is 4. The Morgan fingerprint density at radius 1 is 1.22 bits per heavy atom. The molecule has 0 aromatic carbocycles. The van der Waals surface area contributed by atoms with Gasteiger partial charge >= 0.3 is 0 Å². The van der Waals surface area contributed by atoms with Gasteiger partial charge in [0.25, 0.3) is 0 Å². The van der Waals surface area contributed by atoms with Gasteiger partial charge in [-0.05, 0) is 12.0 Å². The Kier molecular flexibility index (Phi) is 6.99. The fourth-order valence-corrected chi connectivity index (χ4v) is 2.99. The largest absolute Gasteiger partial charge is 0.392 e. The van der Waals surface area contributed by atoms with Crippen molar-refractivity contribution in [2.24, 2.45) is 0 Å². The lowest BCUT2D eigenvalue weighted by Crippen LogP contribution is -2.13. The number of unbranched alkanes of at least 4 members (excludes halogenated alkanes) is 5. The topological polar surface area (TPSA) is 63.8 Å². The minimum atomic E-state index is -0.0427. The van der Waals surface area contributed by atoms with Crippen molar-refractivity contribution in [3.05, 3.63) is 30.0 Å². The molecule has 0 amide bonds. The third-order valence-electron chi connectivity index (χ3n) is 4.16. The van der Waals surface area contributed by atoms with E-state index in [0.29, 0.717) is 16.3 Å². The molecule has 2 aromatic heterocycles. The molecular weight excluding hydrogens is 312 g/mol. The van der Waals surface area contributed by atoms with Crippen LogP contribution in [0.4, 0.5) is 0 Å². The molecule has 0 aliphatic heterocycles. The smallest absolute Gasteiger partial charge is 0.165 e. The van der Waals surface area contributed by atoms with Crippen LogP contribution in [0.1, 0.15) is 57.9 Å². The fourth-order valence-electron chi connectivity index (χ4n) is 2.81. The molecule has 2 aromatic rings. The summed E-state index contributed by atoms with van der Waals surface area (Å²) in [5.41, 5.74) is 2.05. The van der Waals surface area contributed by atoms with Crippen LogP contribution in [-0.4, -0.2) is 31.2 Å². The van der Waals surface area contributed by atoms with Crippen molar-refractivity contribution in [2.75, 3.05) is 6.61 Å². The van der Waals surface area contributed by atoms with Crippen LogP contribution >= 0.6 is 11.6 Å². The molecule has 0 radical (unpaired) electrons. The van der Waals surface area contributed by atoms with Crippen LogP contribution in [0.25, 0.3) is 11.2 Å². The zero-order valence-corrected chi connectivity index (χ0v) is 14.5. The molecule has 6 heteroatoms. The van der Waals surface area contributed by atoms with Crippen LogP contribution < -0.4 is 0 Å². The minimum absolute atomic E-state index is 0.0119. The maximum Gasteiger partial charge on any atom is 0.165 e. The third kappa shape index (κ3) is 4.52. The highest BCUT2D eigenvalue weighted by atomic mass is 35.5. The highest BCUT2D eigenvalue weighted by Crippen LogP contribution is 2.28. The van der Waals surface area contributed by atoms with Gasteiger partial charge in [0.05, 0.1) is 19.0 Å². The Morgan fingerprint density at radius 2 is 1.96 bits per heavy atom. The molecular formula is C17H25ClN4O. The van der Waals surface area contributed by atoms with Gasteiger partial charge in [-0.25, -0.2) is 15.0 Å². The van der Waals surface area contributed by atoms with E-state index < -0.39 is 0 Å². The Hall–Kier alpha value is -1.46. The SMILES string of the molecule is C=C(CO)C(CCCCCCCC)n1cnc2c(Cl)ncnc21. The lowest BCUT2D eigenvalue weighted by molar-refractivity contribution is 0.309. The van der Waals surface area contributed by atoms with E-state index in [4.69, 9.17) is 11.6 Å². The molecule has 0 fully saturated rings. The van der Waals surface area contributed by atoms with Crippen molar-refractivity contribution in [3.63, 3.8) is 0 Å². The number of aliphatic hydroxyl groups excluding tert-OH is 1. The first-order valence-corrected chi connectivity index (χ1v) is 8.68. The van der Waals surface area contributed by atoms with Crippen molar-refractivity contribution in [1.82, 2.24) is 19.5 Å². The van der Waals surface area contributed by atoms with Crippen molar-refractivity contribution < 1.29 is 5.11 Å². The second-order valence-electron chi connectivity index (χ2n) is 5.88. The van der Waals surface area contributed by atoms with Gasteiger partial charge in [0, 0.05) is 0 Å². The summed E-state index contributed by atoms with van der Waals surface area (Å²) >= 11 is 6.07. The molecule has 2 rings (SSSR count). The van der Waals surface area contributed by atoms with Gasteiger partial charge in [0.1, 0.15) is 11.8 Å². The molecule has 0 aliphatic carbocycles. The zero-order valence-electron chi connectivity index (χ0n) is 13.7. The van der Waals surface area contributed by atoms with Gasteiger partial charge in [-0.2, -0.15) is 0 Å². The van der Waals surface area contributed by atoms with E-state index in [9.17, 15) is 5.11 Å². The van der Waals surface area contributed by atoms with Crippen LogP contribution in [0.5, 0.6) is 0 Å². The summed E-state index contributed by atoms with van der Waals surface area (Å²) in [5.74, 6) is 0. The van der Waals surface area contributed by atoms with E-state index in [1.54, 1.807) is 6.33 Å². The number of nitrogens with zero attached hydrogens (tertiary/aromatic N) is 4. The highest BCUT2D eigenvalue weighted by molar-refractivity contribution is 6.33. The summed E-state index contributed by atoms with van der Waals surface area (Å²) in [4.78, 5) is 12.6. The minimum Gasteiger partial charge on any atom is -0.392 e. The second-order valence-corrected chi connectivity index (χ2v) is 6.24. The molecule has 23 heavy (non-hydrogen) atoms. The van der Waals surface area contributed by atoms with Gasteiger partial charge in [-0.1, -0.05) is 63.6 Å². The average molecular weight is 337 g/mol. The summed E-state index contributed by atoms with van der Waals surface area (Å²) in [6, 6.07) is -0.0119. The quantitative estimate of drug-likeness (QED) is 0.398. The first kappa shape index (κ1) is 17.9. The number of halogens is 1. The Bertz CT molecular complexity index is 641. The van der Waals surface area contributed by atoms with Crippen LogP contribution in [0.15, 0.2) is 24.8 Å². The maximum absolute atomic E-state index is 9.51. The molecule has 1 atom stereocenters. The van der Waals surface area contributed by atoms with Crippen LogP contribution in [-0.2, 0) is 0 Å². The number of rotatable bonds is 10. The third-order valence-corrected chi connectivity index (χ3v) is 4.43. The number of fused-ring (bicyclic) bond motifs is 1. The van der Waals surface area contributed by atoms with Crippen LogP contribution in [0.2, 0.25) is 5.15 Å². The van der Waals surface area contributed by atoms with Crippen LogP contribution in [0.3, 0.4) is 0 Å². The van der Waals surface area contributed by atoms with Crippen LogP contribution in [0, 0.1) is 0 Å². The summed E-state index contributed by atoms with van der Waals surface area (Å²) in [6.45, 7) is 6.19. The molecule has 0 aliphatic rings. The molecule has 0 saturated heterocycles. The molecule has 1 N–H and O–H groups in total. The zero-order chi connectivity index (χ0) is 16.7. The molecule has 126 valence electrons. The fraction of sp³-hybridized carbons (Fsp3) is 0.588. The number of imidazole rings is 1. The van der Waals surface area contributed by atoms with Gasteiger partial charge in [-0.15, -0.1) is 0 Å². The summed E-state index contributed by atoms with van der Waals surface area (Å²) in [5, 5.41) is 9.86. The van der Waals surface area contributed by atoms with E-state index in [-0.39, 0.29) is 12.6 Å². The molecule has 0 saturated carbocycles. The van der Waals surface area contributed by atoms with Gasteiger partial charge in [0.15, 0.2) is 10.8 Å². The predicted octanol–water partition coefficient (Wildman–Crippen LogP) is 4.32. The highest BCUT2D eigenvalue weighted by Gasteiger charge is 2.18. The number of aliphatic hydroxyl groups is 1. The van der Waals surface area contributed by atoms with Gasteiger partial charge in [-0.3, -0.25) is 0 Å². The number of hydrogen-bond acceptors (Lipinski definition) is 4. The molecule has 2 heterocycles. The normalized spacial score (nSPS) is 12.7. The predicted molar refractivity (Wildman–Crippen MR) is 93.6 cm³/mol. The van der Waals surface area contributed by atoms with E-state index in [1.807, 2.05) is 4.57 Å². The molecule has 0 spiro atoms. The molecule has 1 unspecified atom stereocenters. The Balaban J connectivity index is 2.08. The average Bonchev–Trinajstić information content (AvgIpc) is 2.99. The van der Waals surface area contributed by atoms with Crippen molar-refractivity contribution >= 4 is 22.8 Å². The van der Waals surface area contributed by atoms with E-state index in [2.05, 4.69) is 28.5 Å². The Morgan fingerprint density at radius 3 is 2.70 bits per heavy atom. The monoisotopic (exact) mass is 336 g/mol. The van der Waals surface area contributed by atoms with Gasteiger partial charge in [0.2, 0.25) is 0 Å². The second kappa shape index (κ2) is 8.99. The van der Waals surface area contributed by atoms with Crippen molar-refractivity contribution in [2.45, 2.75) is 57.9 Å². The van der Waals surface area contributed by atoms with Gasteiger partial charge < -0.3 is 9.67 Å². The Labute approximate surface area is 142 Å². The lowest BCUT2D eigenvalue weighted by Gasteiger charge is -2.20.